The number of piperazine rings is 1. The minimum atomic E-state index is -0.527. The average molecular weight is 406 g/mol. The molecule has 6 heteroatoms. The first-order valence-corrected chi connectivity index (χ1v) is 10.4. The van der Waals surface area contributed by atoms with Crippen molar-refractivity contribution in [1.29, 1.82) is 0 Å². The Bertz CT molecular complexity index is 1010. The first-order valence-electron chi connectivity index (χ1n) is 10.4. The third kappa shape index (κ3) is 4.01. The molecule has 0 unspecified atom stereocenters. The third-order valence-corrected chi connectivity index (χ3v) is 5.74. The fourth-order valence-corrected chi connectivity index (χ4v) is 4.13. The summed E-state index contributed by atoms with van der Waals surface area (Å²) in [5, 5.41) is 12.7. The van der Waals surface area contributed by atoms with E-state index in [0.717, 1.165) is 59.9 Å². The lowest BCUT2D eigenvalue weighted by Gasteiger charge is -2.36. The summed E-state index contributed by atoms with van der Waals surface area (Å²) in [5.74, 6) is 2.45. The predicted octanol–water partition coefficient (Wildman–Crippen LogP) is 3.13. The summed E-state index contributed by atoms with van der Waals surface area (Å²) in [5.41, 5.74) is 1.15. The van der Waals surface area contributed by atoms with Gasteiger partial charge in [0.15, 0.2) is 11.5 Å². The molecule has 0 aromatic heterocycles. The SMILES string of the molecule is O[C@@H](COc1cccc2ccccc12)CN1CCN(c2ccc3c(c2)OCO3)CC1. The fourth-order valence-electron chi connectivity index (χ4n) is 4.13. The number of fused-ring (bicyclic) bond motifs is 2. The summed E-state index contributed by atoms with van der Waals surface area (Å²) in [6, 6.07) is 20.2. The zero-order valence-corrected chi connectivity index (χ0v) is 16.9. The van der Waals surface area contributed by atoms with Crippen LogP contribution in [0.4, 0.5) is 5.69 Å². The van der Waals surface area contributed by atoms with Crippen molar-refractivity contribution in [2.75, 3.05) is 51.0 Å². The van der Waals surface area contributed by atoms with Crippen LogP contribution in [0.15, 0.2) is 60.7 Å². The van der Waals surface area contributed by atoms with Crippen molar-refractivity contribution in [2.24, 2.45) is 0 Å². The van der Waals surface area contributed by atoms with Gasteiger partial charge in [0.1, 0.15) is 18.5 Å². The second-order valence-corrected chi connectivity index (χ2v) is 7.77. The van der Waals surface area contributed by atoms with Gasteiger partial charge in [-0.3, -0.25) is 4.90 Å². The molecule has 3 aromatic rings. The van der Waals surface area contributed by atoms with Gasteiger partial charge in [-0.25, -0.2) is 0 Å². The van der Waals surface area contributed by atoms with Crippen molar-refractivity contribution < 1.29 is 19.3 Å². The first kappa shape index (κ1) is 19.0. The van der Waals surface area contributed by atoms with E-state index in [-0.39, 0.29) is 6.61 Å². The van der Waals surface area contributed by atoms with Crippen molar-refractivity contribution in [3.05, 3.63) is 60.7 Å². The molecular weight excluding hydrogens is 380 g/mol. The van der Waals surface area contributed by atoms with Crippen LogP contribution in [-0.4, -0.2) is 62.2 Å². The summed E-state index contributed by atoms with van der Waals surface area (Å²) in [7, 11) is 0. The lowest BCUT2D eigenvalue weighted by Crippen LogP contribution is -2.49. The van der Waals surface area contributed by atoms with E-state index < -0.39 is 6.10 Å². The van der Waals surface area contributed by atoms with Crippen LogP contribution in [0, 0.1) is 0 Å². The quantitative estimate of drug-likeness (QED) is 0.679. The standard InChI is InChI=1S/C24H26N2O4/c27-20(16-28-22-7-3-5-18-4-1-2-6-21(18)22)15-25-10-12-26(13-11-25)19-8-9-23-24(14-19)30-17-29-23/h1-9,14,20,27H,10-13,15-17H2/t20-/m1/s1. The summed E-state index contributed by atoms with van der Waals surface area (Å²) in [6.45, 7) is 4.83. The molecule has 6 nitrogen and oxygen atoms in total. The highest BCUT2D eigenvalue weighted by Crippen LogP contribution is 2.35. The maximum Gasteiger partial charge on any atom is 0.231 e. The van der Waals surface area contributed by atoms with Crippen LogP contribution in [0.25, 0.3) is 10.8 Å². The molecule has 2 aliphatic rings. The monoisotopic (exact) mass is 406 g/mol. The Morgan fingerprint density at radius 1 is 0.900 bits per heavy atom. The molecule has 1 saturated heterocycles. The van der Waals surface area contributed by atoms with Crippen LogP contribution in [0.5, 0.6) is 17.2 Å². The molecule has 5 rings (SSSR count). The summed E-state index contributed by atoms with van der Waals surface area (Å²) < 4.78 is 16.8. The van der Waals surface area contributed by atoms with E-state index in [0.29, 0.717) is 13.3 Å². The van der Waals surface area contributed by atoms with E-state index in [1.165, 1.54) is 0 Å². The molecule has 1 fully saturated rings. The van der Waals surface area contributed by atoms with Crippen LogP contribution in [-0.2, 0) is 0 Å². The number of aliphatic hydroxyl groups is 1. The smallest absolute Gasteiger partial charge is 0.231 e. The molecule has 0 bridgehead atoms. The highest BCUT2D eigenvalue weighted by molar-refractivity contribution is 5.88. The van der Waals surface area contributed by atoms with Crippen LogP contribution in [0.2, 0.25) is 0 Å². The average Bonchev–Trinajstić information content (AvgIpc) is 3.26. The lowest BCUT2D eigenvalue weighted by molar-refractivity contribution is 0.0668. The minimum absolute atomic E-state index is 0.288. The largest absolute Gasteiger partial charge is 0.490 e. The van der Waals surface area contributed by atoms with Gasteiger partial charge in [-0.2, -0.15) is 0 Å². The maximum atomic E-state index is 10.5. The maximum absolute atomic E-state index is 10.5. The molecule has 0 aliphatic carbocycles. The molecule has 3 aromatic carbocycles. The lowest BCUT2D eigenvalue weighted by atomic mass is 10.1. The number of benzene rings is 3. The van der Waals surface area contributed by atoms with Gasteiger partial charge in [-0.1, -0.05) is 36.4 Å². The molecule has 0 radical (unpaired) electrons. The van der Waals surface area contributed by atoms with Gasteiger partial charge < -0.3 is 24.2 Å². The number of hydrogen-bond acceptors (Lipinski definition) is 6. The van der Waals surface area contributed by atoms with Crippen LogP contribution < -0.4 is 19.1 Å². The van der Waals surface area contributed by atoms with Crippen molar-refractivity contribution in [3.63, 3.8) is 0 Å². The summed E-state index contributed by atoms with van der Waals surface area (Å²) >= 11 is 0. The van der Waals surface area contributed by atoms with Gasteiger partial charge in [0.05, 0.1) is 0 Å². The Kier molecular flexibility index (Phi) is 5.34. The number of nitrogens with zero attached hydrogens (tertiary/aromatic N) is 2. The number of rotatable bonds is 6. The van der Waals surface area contributed by atoms with Crippen LogP contribution in [0.3, 0.4) is 0 Å². The van der Waals surface area contributed by atoms with Gasteiger partial charge in [-0.05, 0) is 23.6 Å². The number of β-amino-alcohol motifs (C(OH)–C–C–N with tert-alkyl or cyclic N) is 1. The van der Waals surface area contributed by atoms with E-state index in [2.05, 4.69) is 28.0 Å². The number of anilines is 1. The van der Waals surface area contributed by atoms with Gasteiger partial charge in [0, 0.05) is 49.9 Å². The van der Waals surface area contributed by atoms with E-state index >= 15 is 0 Å². The predicted molar refractivity (Wildman–Crippen MR) is 117 cm³/mol. The number of hydrogen-bond donors (Lipinski definition) is 1. The zero-order chi connectivity index (χ0) is 20.3. The molecule has 0 spiro atoms. The van der Waals surface area contributed by atoms with Gasteiger partial charge in [0.25, 0.3) is 0 Å². The fraction of sp³-hybridized carbons (Fsp3) is 0.333. The Morgan fingerprint density at radius 2 is 1.70 bits per heavy atom. The van der Waals surface area contributed by atoms with Gasteiger partial charge in [0.2, 0.25) is 6.79 Å². The molecule has 1 N–H and O–H groups in total. The highest BCUT2D eigenvalue weighted by atomic mass is 16.7. The van der Waals surface area contributed by atoms with E-state index in [1.807, 2.05) is 42.5 Å². The molecule has 2 heterocycles. The van der Waals surface area contributed by atoms with Gasteiger partial charge in [-0.15, -0.1) is 0 Å². The molecule has 2 aliphatic heterocycles. The molecule has 1 atom stereocenters. The van der Waals surface area contributed by atoms with Gasteiger partial charge >= 0.3 is 0 Å². The van der Waals surface area contributed by atoms with Crippen molar-refractivity contribution in [3.8, 4) is 17.2 Å². The molecule has 0 amide bonds. The summed E-state index contributed by atoms with van der Waals surface area (Å²) in [6.07, 6.45) is -0.527. The molecule has 30 heavy (non-hydrogen) atoms. The van der Waals surface area contributed by atoms with E-state index in [4.69, 9.17) is 14.2 Å². The molecular formula is C24H26N2O4. The minimum Gasteiger partial charge on any atom is -0.490 e. The zero-order valence-electron chi connectivity index (χ0n) is 16.9. The first-order chi connectivity index (χ1) is 14.8. The van der Waals surface area contributed by atoms with Crippen molar-refractivity contribution in [2.45, 2.75) is 6.10 Å². The van der Waals surface area contributed by atoms with Crippen LogP contribution in [0.1, 0.15) is 0 Å². The van der Waals surface area contributed by atoms with E-state index in [1.54, 1.807) is 0 Å². The highest BCUT2D eigenvalue weighted by Gasteiger charge is 2.22. The van der Waals surface area contributed by atoms with Crippen LogP contribution >= 0.6 is 0 Å². The Morgan fingerprint density at radius 3 is 2.60 bits per heavy atom. The number of aliphatic hydroxyl groups excluding tert-OH is 1. The van der Waals surface area contributed by atoms with Crippen molar-refractivity contribution >= 4 is 16.5 Å². The third-order valence-electron chi connectivity index (χ3n) is 5.74. The normalized spacial score (nSPS) is 17.3. The Hall–Kier alpha value is -2.96. The second-order valence-electron chi connectivity index (χ2n) is 7.77. The Labute approximate surface area is 176 Å². The topological polar surface area (TPSA) is 54.4 Å². The van der Waals surface area contributed by atoms with Crippen molar-refractivity contribution in [1.82, 2.24) is 4.90 Å². The second kappa shape index (κ2) is 8.42. The molecule has 0 saturated carbocycles. The number of ether oxygens (including phenoxy) is 3. The molecule has 156 valence electrons. The van der Waals surface area contributed by atoms with E-state index in [9.17, 15) is 5.11 Å². The Balaban J connectivity index is 1.12. The summed E-state index contributed by atoms with van der Waals surface area (Å²) in [4.78, 5) is 4.64.